The van der Waals surface area contributed by atoms with Crippen LogP contribution in [0, 0.1) is 0 Å². The van der Waals surface area contributed by atoms with E-state index in [-0.39, 0.29) is 0 Å². The first-order valence-electron chi connectivity index (χ1n) is 16.7. The molecule has 8 aromatic carbocycles. The molecule has 50 heavy (non-hydrogen) atoms. The number of para-hydroxylation sites is 1. The fourth-order valence-corrected chi connectivity index (χ4v) is 7.58. The third-order valence-corrected chi connectivity index (χ3v) is 9.82. The summed E-state index contributed by atoms with van der Waals surface area (Å²) in [5, 5.41) is 6.25. The van der Waals surface area contributed by atoms with Gasteiger partial charge in [0, 0.05) is 61.4 Å². The van der Waals surface area contributed by atoms with Gasteiger partial charge in [0.25, 0.3) is 0 Å². The number of anilines is 3. The lowest BCUT2D eigenvalue weighted by molar-refractivity contribution is 0.623. The zero-order valence-electron chi connectivity index (χ0n) is 26.6. The summed E-state index contributed by atoms with van der Waals surface area (Å²) in [6.07, 6.45) is 0. The first kappa shape index (κ1) is 27.1. The standard InChI is InChI=1S/C45H26N2O3/c1-3-11-27(12-4-1)29-15-9-16-30(23-29)47(31-21-22-34-33-17-7-8-19-37(33)48-39(34)25-31)32-24-36-42-40(26-32)49-38-20-10-18-35(41(38)42)44-43(36)46-45(50-44)28-13-5-2-6-14-28/h1-26H. The zero-order chi connectivity index (χ0) is 32.8. The molecule has 0 radical (unpaired) electrons. The van der Waals surface area contributed by atoms with Gasteiger partial charge in [-0.2, -0.15) is 0 Å². The van der Waals surface area contributed by atoms with Gasteiger partial charge in [-0.05, 0) is 65.7 Å². The summed E-state index contributed by atoms with van der Waals surface area (Å²) in [6, 6.07) is 54.3. The predicted octanol–water partition coefficient (Wildman–Crippen LogP) is 13.0. The van der Waals surface area contributed by atoms with E-state index < -0.39 is 0 Å². The second-order valence-corrected chi connectivity index (χ2v) is 12.7. The van der Waals surface area contributed by atoms with Gasteiger partial charge in [-0.25, -0.2) is 4.98 Å². The van der Waals surface area contributed by atoms with Crippen LogP contribution in [0.25, 0.3) is 88.3 Å². The maximum absolute atomic E-state index is 6.62. The lowest BCUT2D eigenvalue weighted by atomic mass is 9.99. The van der Waals surface area contributed by atoms with E-state index in [4.69, 9.17) is 18.2 Å². The second kappa shape index (κ2) is 10.3. The quantitative estimate of drug-likeness (QED) is 0.175. The van der Waals surface area contributed by atoms with E-state index in [1.165, 1.54) is 0 Å². The number of fused-ring (bicyclic) bond motifs is 6. The maximum Gasteiger partial charge on any atom is 0.227 e. The van der Waals surface area contributed by atoms with Gasteiger partial charge in [-0.1, -0.05) is 91.0 Å². The minimum absolute atomic E-state index is 0.594. The average Bonchev–Trinajstić information content (AvgIpc) is 3.89. The van der Waals surface area contributed by atoms with Gasteiger partial charge >= 0.3 is 0 Å². The molecule has 5 heteroatoms. The van der Waals surface area contributed by atoms with Crippen molar-refractivity contribution in [2.24, 2.45) is 0 Å². The van der Waals surface area contributed by atoms with Crippen LogP contribution in [0.1, 0.15) is 0 Å². The lowest BCUT2D eigenvalue weighted by Crippen LogP contribution is -2.10. The van der Waals surface area contributed by atoms with Crippen LogP contribution in [-0.4, -0.2) is 4.98 Å². The Morgan fingerprint density at radius 2 is 1.02 bits per heavy atom. The fourth-order valence-electron chi connectivity index (χ4n) is 7.58. The van der Waals surface area contributed by atoms with Gasteiger partial charge in [0.1, 0.15) is 27.8 Å². The van der Waals surface area contributed by atoms with Crippen molar-refractivity contribution in [3.8, 4) is 22.6 Å². The van der Waals surface area contributed by atoms with Gasteiger partial charge in [-0.15, -0.1) is 0 Å². The third-order valence-electron chi connectivity index (χ3n) is 9.82. The van der Waals surface area contributed by atoms with Crippen molar-refractivity contribution in [3.63, 3.8) is 0 Å². The Balaban J connectivity index is 1.20. The second-order valence-electron chi connectivity index (χ2n) is 12.7. The molecule has 0 saturated heterocycles. The van der Waals surface area contributed by atoms with Crippen molar-refractivity contribution < 1.29 is 13.3 Å². The molecule has 0 unspecified atom stereocenters. The highest BCUT2D eigenvalue weighted by Gasteiger charge is 2.25. The van der Waals surface area contributed by atoms with Crippen LogP contribution in [-0.2, 0) is 0 Å². The van der Waals surface area contributed by atoms with Crippen molar-refractivity contribution in [2.75, 3.05) is 4.90 Å². The number of benzene rings is 8. The molecule has 3 aromatic heterocycles. The summed E-state index contributed by atoms with van der Waals surface area (Å²) in [5.41, 5.74) is 11.0. The summed E-state index contributed by atoms with van der Waals surface area (Å²) < 4.78 is 19.6. The van der Waals surface area contributed by atoms with Crippen LogP contribution < -0.4 is 4.90 Å². The molecule has 0 amide bonds. The van der Waals surface area contributed by atoms with Crippen molar-refractivity contribution >= 4 is 82.8 Å². The smallest absolute Gasteiger partial charge is 0.227 e. The molecule has 234 valence electrons. The summed E-state index contributed by atoms with van der Waals surface area (Å²) in [4.78, 5) is 7.41. The first-order valence-corrected chi connectivity index (χ1v) is 16.7. The van der Waals surface area contributed by atoms with E-state index in [1.54, 1.807) is 0 Å². The molecule has 0 spiro atoms. The third kappa shape index (κ3) is 3.98. The zero-order valence-corrected chi connectivity index (χ0v) is 26.6. The number of rotatable bonds is 5. The Kier molecular flexibility index (Phi) is 5.60. The Morgan fingerprint density at radius 1 is 0.380 bits per heavy atom. The molecule has 11 rings (SSSR count). The largest absolute Gasteiger partial charge is 0.456 e. The van der Waals surface area contributed by atoms with Gasteiger partial charge in [0.05, 0.1) is 5.69 Å². The van der Waals surface area contributed by atoms with E-state index in [1.807, 2.05) is 66.7 Å². The van der Waals surface area contributed by atoms with Crippen molar-refractivity contribution in [1.29, 1.82) is 0 Å². The van der Waals surface area contributed by atoms with Gasteiger partial charge in [0.2, 0.25) is 5.89 Å². The molecule has 0 aliphatic carbocycles. The highest BCUT2D eigenvalue weighted by atomic mass is 16.4. The summed E-state index contributed by atoms with van der Waals surface area (Å²) in [6.45, 7) is 0. The molecule has 3 heterocycles. The molecular formula is C45H26N2O3. The molecule has 11 aromatic rings. The molecule has 0 N–H and O–H groups in total. The van der Waals surface area contributed by atoms with E-state index in [0.717, 1.165) is 99.5 Å². The maximum atomic E-state index is 6.62. The van der Waals surface area contributed by atoms with E-state index in [0.29, 0.717) is 5.89 Å². The fraction of sp³-hybridized carbons (Fsp3) is 0. The molecule has 0 aliphatic heterocycles. The van der Waals surface area contributed by atoms with Crippen LogP contribution in [0.2, 0.25) is 0 Å². The average molecular weight is 643 g/mol. The number of nitrogens with zero attached hydrogens (tertiary/aromatic N) is 2. The Hall–Kier alpha value is -6.85. The van der Waals surface area contributed by atoms with Gasteiger partial charge < -0.3 is 18.2 Å². The summed E-state index contributed by atoms with van der Waals surface area (Å²) >= 11 is 0. The SMILES string of the molecule is c1ccc(-c2cccc(N(c3ccc4c(c3)oc3ccccc34)c3cc4oc5cccc6c7oc(-c8ccccc8)nc7c(c3)c4c56)c2)cc1. The molecule has 0 saturated carbocycles. The van der Waals surface area contributed by atoms with Crippen LogP contribution in [0.4, 0.5) is 17.1 Å². The van der Waals surface area contributed by atoms with Crippen LogP contribution in [0.15, 0.2) is 171 Å². The first-order chi connectivity index (χ1) is 24.8. The predicted molar refractivity (Wildman–Crippen MR) is 203 cm³/mol. The highest BCUT2D eigenvalue weighted by molar-refractivity contribution is 6.32. The molecule has 0 fully saturated rings. The van der Waals surface area contributed by atoms with E-state index >= 15 is 0 Å². The van der Waals surface area contributed by atoms with Crippen LogP contribution >= 0.6 is 0 Å². The Labute approximate surface area is 285 Å². The van der Waals surface area contributed by atoms with Gasteiger partial charge in [0.15, 0.2) is 5.58 Å². The topological polar surface area (TPSA) is 55.6 Å². The molecule has 0 aliphatic rings. The number of hydrogen-bond donors (Lipinski definition) is 0. The van der Waals surface area contributed by atoms with Crippen molar-refractivity contribution in [3.05, 3.63) is 158 Å². The molecule has 0 atom stereocenters. The van der Waals surface area contributed by atoms with Crippen LogP contribution in [0.5, 0.6) is 0 Å². The monoisotopic (exact) mass is 642 g/mol. The van der Waals surface area contributed by atoms with Crippen molar-refractivity contribution in [1.82, 2.24) is 4.98 Å². The van der Waals surface area contributed by atoms with E-state index in [2.05, 4.69) is 95.9 Å². The number of hydrogen-bond acceptors (Lipinski definition) is 5. The normalized spacial score (nSPS) is 12.0. The highest BCUT2D eigenvalue weighted by Crippen LogP contribution is 2.47. The summed E-state index contributed by atoms with van der Waals surface area (Å²) in [5.74, 6) is 0.594. The van der Waals surface area contributed by atoms with E-state index in [9.17, 15) is 0 Å². The number of furan rings is 2. The molecular weight excluding hydrogens is 617 g/mol. The minimum atomic E-state index is 0.594. The summed E-state index contributed by atoms with van der Waals surface area (Å²) in [7, 11) is 0. The molecule has 5 nitrogen and oxygen atoms in total. The molecule has 0 bridgehead atoms. The van der Waals surface area contributed by atoms with Crippen molar-refractivity contribution in [2.45, 2.75) is 0 Å². The Morgan fingerprint density at radius 3 is 1.90 bits per heavy atom. The number of oxazole rings is 1. The van der Waals surface area contributed by atoms with Crippen LogP contribution in [0.3, 0.4) is 0 Å². The minimum Gasteiger partial charge on any atom is -0.456 e. The Bertz CT molecular complexity index is 3040. The lowest BCUT2D eigenvalue weighted by Gasteiger charge is -2.26. The number of aromatic nitrogens is 1. The van der Waals surface area contributed by atoms with Gasteiger partial charge in [-0.3, -0.25) is 0 Å².